The van der Waals surface area contributed by atoms with E-state index in [0.717, 1.165) is 43.7 Å². The number of hydrogen-bond donors (Lipinski definition) is 0. The van der Waals surface area contributed by atoms with E-state index in [1.54, 1.807) is 0 Å². The highest BCUT2D eigenvalue weighted by atomic mass is 16.5. The highest BCUT2D eigenvalue weighted by molar-refractivity contribution is 5.83. The summed E-state index contributed by atoms with van der Waals surface area (Å²) in [5.41, 5.74) is 2.33. The van der Waals surface area contributed by atoms with Crippen LogP contribution in [0.4, 0.5) is 0 Å². The number of carbonyl (C=O) groups is 1. The van der Waals surface area contributed by atoms with Crippen LogP contribution in [0.2, 0.25) is 0 Å². The Balaban J connectivity index is 1.60. The number of hydrogen-bond acceptors (Lipinski definition) is 3. The van der Waals surface area contributed by atoms with Crippen molar-refractivity contribution < 1.29 is 9.53 Å². The predicted molar refractivity (Wildman–Crippen MR) is 109 cm³/mol. The first-order valence-electron chi connectivity index (χ1n) is 9.84. The SMILES string of the molecule is CCc1cccc(OC2CCN(C(=O)C(c3ccccc3)N(C)C)CC2)c1. The minimum atomic E-state index is -0.232. The highest BCUT2D eigenvalue weighted by Crippen LogP contribution is 2.25. The van der Waals surface area contributed by atoms with Gasteiger partial charge in [-0.15, -0.1) is 0 Å². The van der Waals surface area contributed by atoms with Gasteiger partial charge in [-0.1, -0.05) is 49.4 Å². The number of rotatable bonds is 6. The van der Waals surface area contributed by atoms with Gasteiger partial charge in [0, 0.05) is 25.9 Å². The van der Waals surface area contributed by atoms with Crippen LogP contribution in [0.1, 0.15) is 36.9 Å². The lowest BCUT2D eigenvalue weighted by Crippen LogP contribution is -2.46. The first-order chi connectivity index (χ1) is 13.1. The maximum absolute atomic E-state index is 13.1. The van der Waals surface area contributed by atoms with Gasteiger partial charge in [-0.3, -0.25) is 9.69 Å². The van der Waals surface area contributed by atoms with Crippen molar-refractivity contribution in [3.8, 4) is 5.75 Å². The summed E-state index contributed by atoms with van der Waals surface area (Å²) in [4.78, 5) is 17.1. The molecule has 1 amide bonds. The summed E-state index contributed by atoms with van der Waals surface area (Å²) in [5.74, 6) is 1.12. The van der Waals surface area contributed by atoms with E-state index < -0.39 is 0 Å². The molecule has 0 radical (unpaired) electrons. The molecule has 0 aliphatic carbocycles. The molecule has 27 heavy (non-hydrogen) atoms. The average Bonchev–Trinajstić information content (AvgIpc) is 2.69. The molecule has 4 nitrogen and oxygen atoms in total. The summed E-state index contributed by atoms with van der Waals surface area (Å²) in [6.07, 6.45) is 2.93. The van der Waals surface area contributed by atoms with E-state index in [9.17, 15) is 4.79 Å². The van der Waals surface area contributed by atoms with Crippen molar-refractivity contribution in [3.05, 3.63) is 65.7 Å². The van der Waals surface area contributed by atoms with Crippen molar-refractivity contribution in [3.63, 3.8) is 0 Å². The first kappa shape index (κ1) is 19.4. The monoisotopic (exact) mass is 366 g/mol. The average molecular weight is 367 g/mol. The standard InChI is InChI=1S/C23H30N2O2/c1-4-18-9-8-12-21(17-18)27-20-13-15-25(16-14-20)23(26)22(24(2)3)19-10-6-5-7-11-19/h5-12,17,20,22H,4,13-16H2,1-3H3. The maximum atomic E-state index is 13.1. The van der Waals surface area contributed by atoms with Crippen LogP contribution in [-0.2, 0) is 11.2 Å². The number of amides is 1. The third-order valence-electron chi connectivity index (χ3n) is 5.23. The van der Waals surface area contributed by atoms with Crippen molar-refractivity contribution in [2.45, 2.75) is 38.3 Å². The minimum absolute atomic E-state index is 0.177. The van der Waals surface area contributed by atoms with E-state index in [0.29, 0.717) is 0 Å². The zero-order valence-corrected chi connectivity index (χ0v) is 16.6. The zero-order chi connectivity index (χ0) is 19.2. The number of likely N-dealkylation sites (N-methyl/N-ethyl adjacent to an activating group) is 1. The summed E-state index contributed by atoms with van der Waals surface area (Å²) < 4.78 is 6.17. The third kappa shape index (κ3) is 4.89. The van der Waals surface area contributed by atoms with Gasteiger partial charge in [0.15, 0.2) is 0 Å². The maximum Gasteiger partial charge on any atom is 0.244 e. The van der Waals surface area contributed by atoms with Gasteiger partial charge in [0.1, 0.15) is 17.9 Å². The molecule has 2 aromatic rings. The molecule has 1 aliphatic heterocycles. The Morgan fingerprint density at radius 2 is 1.81 bits per heavy atom. The van der Waals surface area contributed by atoms with Crippen LogP contribution in [0.25, 0.3) is 0 Å². The quantitative estimate of drug-likeness (QED) is 0.777. The van der Waals surface area contributed by atoms with E-state index in [-0.39, 0.29) is 18.1 Å². The molecule has 1 unspecified atom stereocenters. The van der Waals surface area contributed by atoms with E-state index in [1.165, 1.54) is 5.56 Å². The van der Waals surface area contributed by atoms with Crippen LogP contribution in [0.3, 0.4) is 0 Å². The normalized spacial score (nSPS) is 16.4. The van der Waals surface area contributed by atoms with Gasteiger partial charge < -0.3 is 9.64 Å². The number of nitrogens with zero attached hydrogens (tertiary/aromatic N) is 2. The van der Waals surface area contributed by atoms with Gasteiger partial charge in [0.25, 0.3) is 0 Å². The summed E-state index contributed by atoms with van der Waals surface area (Å²) in [6, 6.07) is 18.1. The molecule has 1 fully saturated rings. The molecule has 1 aliphatic rings. The number of likely N-dealkylation sites (tertiary alicyclic amines) is 1. The largest absolute Gasteiger partial charge is 0.490 e. The van der Waals surface area contributed by atoms with Crippen molar-refractivity contribution in [2.24, 2.45) is 0 Å². The molecule has 144 valence electrons. The van der Waals surface area contributed by atoms with Crippen LogP contribution in [-0.4, -0.2) is 49.0 Å². The fourth-order valence-corrected chi connectivity index (χ4v) is 3.70. The molecule has 2 aromatic carbocycles. The lowest BCUT2D eigenvalue weighted by molar-refractivity contribution is -0.138. The van der Waals surface area contributed by atoms with Crippen LogP contribution in [0.15, 0.2) is 54.6 Å². The molecule has 0 spiro atoms. The molecule has 1 saturated heterocycles. The van der Waals surface area contributed by atoms with Crippen molar-refractivity contribution in [1.82, 2.24) is 9.80 Å². The second-order valence-electron chi connectivity index (χ2n) is 7.42. The molecule has 0 bridgehead atoms. The van der Waals surface area contributed by atoms with E-state index in [1.807, 2.05) is 66.4 Å². The summed E-state index contributed by atoms with van der Waals surface area (Å²) in [5, 5.41) is 0. The van der Waals surface area contributed by atoms with E-state index in [2.05, 4.69) is 19.1 Å². The van der Waals surface area contributed by atoms with Gasteiger partial charge in [-0.05, 0) is 43.8 Å². The minimum Gasteiger partial charge on any atom is -0.490 e. The number of ether oxygens (including phenoxy) is 1. The van der Waals surface area contributed by atoms with E-state index >= 15 is 0 Å². The molecular formula is C23H30N2O2. The zero-order valence-electron chi connectivity index (χ0n) is 16.6. The Kier molecular flexibility index (Phi) is 6.51. The number of aryl methyl sites for hydroxylation is 1. The topological polar surface area (TPSA) is 32.8 Å². The van der Waals surface area contributed by atoms with Gasteiger partial charge in [0.05, 0.1) is 0 Å². The second kappa shape index (κ2) is 9.05. The van der Waals surface area contributed by atoms with Gasteiger partial charge in [0.2, 0.25) is 5.91 Å². The molecule has 0 N–H and O–H groups in total. The fraction of sp³-hybridized carbons (Fsp3) is 0.435. The third-order valence-corrected chi connectivity index (χ3v) is 5.23. The molecule has 0 aromatic heterocycles. The van der Waals surface area contributed by atoms with Crippen molar-refractivity contribution in [2.75, 3.05) is 27.2 Å². The Hall–Kier alpha value is -2.33. The molecule has 4 heteroatoms. The van der Waals surface area contributed by atoms with Crippen LogP contribution >= 0.6 is 0 Å². The van der Waals surface area contributed by atoms with Crippen LogP contribution in [0.5, 0.6) is 5.75 Å². The molecule has 1 atom stereocenters. The Morgan fingerprint density at radius 3 is 2.44 bits per heavy atom. The lowest BCUT2D eigenvalue weighted by Gasteiger charge is -2.36. The Morgan fingerprint density at radius 1 is 1.11 bits per heavy atom. The summed E-state index contributed by atoms with van der Waals surface area (Å²) in [7, 11) is 3.93. The van der Waals surface area contributed by atoms with Gasteiger partial charge in [-0.2, -0.15) is 0 Å². The van der Waals surface area contributed by atoms with Gasteiger partial charge in [-0.25, -0.2) is 0 Å². The molecule has 3 rings (SSSR count). The number of piperidine rings is 1. The Labute approximate surface area is 162 Å². The molecule has 0 saturated carbocycles. The van der Waals surface area contributed by atoms with Gasteiger partial charge >= 0.3 is 0 Å². The van der Waals surface area contributed by atoms with Crippen LogP contribution in [0, 0.1) is 0 Å². The van der Waals surface area contributed by atoms with Crippen molar-refractivity contribution in [1.29, 1.82) is 0 Å². The van der Waals surface area contributed by atoms with Crippen LogP contribution < -0.4 is 4.74 Å². The highest BCUT2D eigenvalue weighted by Gasteiger charge is 2.31. The summed E-state index contributed by atoms with van der Waals surface area (Å²) in [6.45, 7) is 3.64. The fourth-order valence-electron chi connectivity index (χ4n) is 3.70. The molecule has 1 heterocycles. The number of carbonyl (C=O) groups excluding carboxylic acids is 1. The predicted octanol–water partition coefficient (Wildman–Crippen LogP) is 3.92. The smallest absolute Gasteiger partial charge is 0.244 e. The van der Waals surface area contributed by atoms with Crippen molar-refractivity contribution >= 4 is 5.91 Å². The van der Waals surface area contributed by atoms with E-state index in [4.69, 9.17) is 4.74 Å². The first-order valence-corrected chi connectivity index (χ1v) is 9.84. The number of benzene rings is 2. The second-order valence-corrected chi connectivity index (χ2v) is 7.42. The Bertz CT molecular complexity index is 737. The summed E-state index contributed by atoms with van der Waals surface area (Å²) >= 11 is 0. The lowest BCUT2D eigenvalue weighted by atomic mass is 10.0. The molecular weight excluding hydrogens is 336 g/mol.